The number of carboxylic acids is 1. The Morgan fingerprint density at radius 3 is 1.86 bits per heavy atom. The molecule has 0 aliphatic heterocycles. The second kappa shape index (κ2) is 6.27. The molecule has 0 heterocycles. The van der Waals surface area contributed by atoms with E-state index in [4.69, 9.17) is 5.11 Å². The predicted octanol–water partition coefficient (Wildman–Crippen LogP) is 3.91. The standard InChI is InChI=1S/C18H19NO2/c1-13(12-18(20)21)14-4-6-15(7-5-14)16-8-10-17(11-9-16)19(2)3/h4-12H,1-3H3,(H,20,21)/b13-12+. The Balaban J connectivity index is 2.24. The van der Waals surface area contributed by atoms with Crippen LogP contribution in [0, 0.1) is 0 Å². The van der Waals surface area contributed by atoms with Crippen LogP contribution in [0.25, 0.3) is 16.7 Å². The fraction of sp³-hybridized carbons (Fsp3) is 0.167. The normalized spacial score (nSPS) is 11.3. The molecule has 21 heavy (non-hydrogen) atoms. The number of hydrogen-bond acceptors (Lipinski definition) is 2. The van der Waals surface area contributed by atoms with Crippen LogP contribution in [-0.4, -0.2) is 25.2 Å². The third-order valence-electron chi connectivity index (χ3n) is 3.40. The molecule has 3 heteroatoms. The van der Waals surface area contributed by atoms with Crippen molar-refractivity contribution in [3.8, 4) is 11.1 Å². The fourth-order valence-electron chi connectivity index (χ4n) is 2.15. The van der Waals surface area contributed by atoms with Crippen LogP contribution in [0.15, 0.2) is 54.6 Å². The summed E-state index contributed by atoms with van der Waals surface area (Å²) in [6.07, 6.45) is 1.22. The van der Waals surface area contributed by atoms with E-state index in [9.17, 15) is 4.79 Å². The Morgan fingerprint density at radius 1 is 0.952 bits per heavy atom. The number of aliphatic carboxylic acids is 1. The van der Waals surface area contributed by atoms with Gasteiger partial charge < -0.3 is 10.0 Å². The van der Waals surface area contributed by atoms with E-state index < -0.39 is 5.97 Å². The van der Waals surface area contributed by atoms with Gasteiger partial charge in [-0.05, 0) is 41.3 Å². The zero-order valence-corrected chi connectivity index (χ0v) is 12.5. The molecule has 0 atom stereocenters. The van der Waals surface area contributed by atoms with Crippen LogP contribution in [0.1, 0.15) is 12.5 Å². The average molecular weight is 281 g/mol. The highest BCUT2D eigenvalue weighted by atomic mass is 16.4. The van der Waals surface area contributed by atoms with Crippen molar-refractivity contribution in [2.45, 2.75) is 6.92 Å². The summed E-state index contributed by atoms with van der Waals surface area (Å²) in [6.45, 7) is 1.80. The molecular formula is C18H19NO2. The number of carboxylic acid groups (broad SMARTS) is 1. The SMILES string of the molecule is C/C(=C\C(=O)O)c1ccc(-c2ccc(N(C)C)cc2)cc1. The minimum absolute atomic E-state index is 0.747. The van der Waals surface area contributed by atoms with Crippen molar-refractivity contribution in [1.29, 1.82) is 0 Å². The van der Waals surface area contributed by atoms with Crippen molar-refractivity contribution >= 4 is 17.2 Å². The first-order chi connectivity index (χ1) is 9.97. The molecule has 3 nitrogen and oxygen atoms in total. The summed E-state index contributed by atoms with van der Waals surface area (Å²) < 4.78 is 0. The molecule has 0 spiro atoms. The highest BCUT2D eigenvalue weighted by Crippen LogP contribution is 2.24. The van der Waals surface area contributed by atoms with Gasteiger partial charge in [0.25, 0.3) is 0 Å². The lowest BCUT2D eigenvalue weighted by atomic mass is 10.0. The van der Waals surface area contributed by atoms with Crippen LogP contribution < -0.4 is 4.90 Å². The molecule has 0 aliphatic carbocycles. The Labute approximate surface area is 125 Å². The first kappa shape index (κ1) is 14.9. The fourth-order valence-corrected chi connectivity index (χ4v) is 2.15. The monoisotopic (exact) mass is 281 g/mol. The Hall–Kier alpha value is -2.55. The number of allylic oxidation sites excluding steroid dienone is 1. The maximum Gasteiger partial charge on any atom is 0.328 e. The predicted molar refractivity (Wildman–Crippen MR) is 87.5 cm³/mol. The van der Waals surface area contributed by atoms with Gasteiger partial charge in [-0.2, -0.15) is 0 Å². The second-order valence-corrected chi connectivity index (χ2v) is 5.18. The topological polar surface area (TPSA) is 40.5 Å². The molecule has 2 aromatic carbocycles. The number of hydrogen-bond donors (Lipinski definition) is 1. The third-order valence-corrected chi connectivity index (χ3v) is 3.40. The second-order valence-electron chi connectivity index (χ2n) is 5.18. The Morgan fingerprint density at radius 2 is 1.43 bits per heavy atom. The van der Waals surface area contributed by atoms with E-state index in [0.717, 1.165) is 28.0 Å². The molecule has 0 radical (unpaired) electrons. The molecule has 0 aliphatic rings. The zero-order chi connectivity index (χ0) is 15.4. The number of rotatable bonds is 4. The highest BCUT2D eigenvalue weighted by molar-refractivity contribution is 5.89. The third kappa shape index (κ3) is 3.72. The lowest BCUT2D eigenvalue weighted by molar-refractivity contribution is -0.131. The quantitative estimate of drug-likeness (QED) is 0.864. The summed E-state index contributed by atoms with van der Waals surface area (Å²) in [5.74, 6) is -0.921. The van der Waals surface area contributed by atoms with Crippen LogP contribution in [-0.2, 0) is 4.79 Å². The molecule has 0 fully saturated rings. The summed E-state index contributed by atoms with van der Waals surface area (Å²) in [5, 5.41) is 8.77. The van der Waals surface area contributed by atoms with Gasteiger partial charge in [0.1, 0.15) is 0 Å². The van der Waals surface area contributed by atoms with Crippen molar-refractivity contribution < 1.29 is 9.90 Å². The molecular weight excluding hydrogens is 262 g/mol. The van der Waals surface area contributed by atoms with Gasteiger partial charge in [0.15, 0.2) is 0 Å². The van der Waals surface area contributed by atoms with Crippen molar-refractivity contribution in [2.75, 3.05) is 19.0 Å². The summed E-state index contributed by atoms with van der Waals surface area (Å²) >= 11 is 0. The summed E-state index contributed by atoms with van der Waals surface area (Å²) in [6, 6.07) is 16.3. The maximum absolute atomic E-state index is 10.7. The lowest BCUT2D eigenvalue weighted by Gasteiger charge is -2.13. The van der Waals surface area contributed by atoms with E-state index in [1.165, 1.54) is 6.08 Å². The lowest BCUT2D eigenvalue weighted by Crippen LogP contribution is -2.07. The van der Waals surface area contributed by atoms with Gasteiger partial charge in [-0.1, -0.05) is 36.4 Å². The van der Waals surface area contributed by atoms with Gasteiger partial charge in [0, 0.05) is 25.9 Å². The van der Waals surface area contributed by atoms with Gasteiger partial charge >= 0.3 is 5.97 Å². The van der Waals surface area contributed by atoms with E-state index in [1.807, 2.05) is 38.4 Å². The van der Waals surface area contributed by atoms with E-state index in [-0.39, 0.29) is 0 Å². The van der Waals surface area contributed by atoms with E-state index in [0.29, 0.717) is 0 Å². The summed E-state index contributed by atoms with van der Waals surface area (Å²) in [7, 11) is 4.03. The number of benzene rings is 2. The van der Waals surface area contributed by atoms with Crippen LogP contribution in [0.3, 0.4) is 0 Å². The largest absolute Gasteiger partial charge is 0.478 e. The zero-order valence-electron chi connectivity index (χ0n) is 12.5. The van der Waals surface area contributed by atoms with Crippen molar-refractivity contribution in [3.05, 3.63) is 60.2 Å². The van der Waals surface area contributed by atoms with Crippen LogP contribution in [0.4, 0.5) is 5.69 Å². The molecule has 1 N–H and O–H groups in total. The minimum Gasteiger partial charge on any atom is -0.478 e. The molecule has 2 rings (SSSR count). The molecule has 0 saturated carbocycles. The summed E-state index contributed by atoms with van der Waals surface area (Å²) in [5.41, 5.74) is 5.10. The van der Waals surface area contributed by atoms with Crippen molar-refractivity contribution in [3.63, 3.8) is 0 Å². The van der Waals surface area contributed by atoms with Gasteiger partial charge in [0.05, 0.1) is 0 Å². The van der Waals surface area contributed by atoms with Crippen molar-refractivity contribution in [1.82, 2.24) is 0 Å². The first-order valence-electron chi connectivity index (χ1n) is 6.77. The Kier molecular flexibility index (Phi) is 4.43. The highest BCUT2D eigenvalue weighted by Gasteiger charge is 2.02. The van der Waals surface area contributed by atoms with Crippen LogP contribution >= 0.6 is 0 Å². The van der Waals surface area contributed by atoms with E-state index in [1.54, 1.807) is 6.92 Å². The molecule has 0 aromatic heterocycles. The first-order valence-corrected chi connectivity index (χ1v) is 6.77. The van der Waals surface area contributed by atoms with Crippen LogP contribution in [0.2, 0.25) is 0 Å². The molecule has 2 aromatic rings. The van der Waals surface area contributed by atoms with Crippen LogP contribution in [0.5, 0.6) is 0 Å². The maximum atomic E-state index is 10.7. The number of carbonyl (C=O) groups is 1. The van der Waals surface area contributed by atoms with Gasteiger partial charge in [-0.3, -0.25) is 0 Å². The molecule has 108 valence electrons. The number of nitrogens with zero attached hydrogens (tertiary/aromatic N) is 1. The van der Waals surface area contributed by atoms with Gasteiger partial charge in [-0.15, -0.1) is 0 Å². The Bertz CT molecular complexity index is 653. The average Bonchev–Trinajstić information content (AvgIpc) is 2.47. The number of anilines is 1. The van der Waals surface area contributed by atoms with E-state index >= 15 is 0 Å². The summed E-state index contributed by atoms with van der Waals surface area (Å²) in [4.78, 5) is 12.7. The molecule has 0 saturated heterocycles. The molecule has 0 bridgehead atoms. The molecule has 0 unspecified atom stereocenters. The van der Waals surface area contributed by atoms with Gasteiger partial charge in [-0.25, -0.2) is 4.79 Å². The molecule has 0 amide bonds. The van der Waals surface area contributed by atoms with E-state index in [2.05, 4.69) is 29.2 Å². The van der Waals surface area contributed by atoms with Gasteiger partial charge in [0.2, 0.25) is 0 Å². The smallest absolute Gasteiger partial charge is 0.328 e. The van der Waals surface area contributed by atoms with Crippen molar-refractivity contribution in [2.24, 2.45) is 0 Å². The minimum atomic E-state index is -0.921.